The van der Waals surface area contributed by atoms with Crippen LogP contribution in [-0.2, 0) is 16.0 Å². The second-order valence-corrected chi connectivity index (χ2v) is 9.49. The molecule has 1 aromatic carbocycles. The fourth-order valence-electron chi connectivity index (χ4n) is 4.16. The van der Waals surface area contributed by atoms with Crippen molar-refractivity contribution in [3.63, 3.8) is 0 Å². The number of hydrogen-bond acceptors (Lipinski definition) is 6. The molecule has 0 radical (unpaired) electrons. The molecule has 0 fully saturated rings. The molecule has 1 aliphatic rings. The lowest BCUT2D eigenvalue weighted by Gasteiger charge is -2.37. The van der Waals surface area contributed by atoms with Crippen LogP contribution in [0.15, 0.2) is 48.4 Å². The molecule has 7 heteroatoms. The number of rotatable bonds is 13. The van der Waals surface area contributed by atoms with Gasteiger partial charge in [-0.25, -0.2) is 0 Å². The molecule has 2 heterocycles. The highest BCUT2D eigenvalue weighted by Crippen LogP contribution is 2.34. The Balaban J connectivity index is 1.66. The molecule has 1 aromatic heterocycles. The largest absolute Gasteiger partial charge is 0.491 e. The van der Waals surface area contributed by atoms with Crippen LogP contribution in [0.25, 0.3) is 0 Å². The number of aliphatic hydroxyl groups is 1. The summed E-state index contributed by atoms with van der Waals surface area (Å²) in [4.78, 5) is 18.7. The standard InChI is InChI=1S/C26H36N2O4S/c1-4-12-27(16-21(29)18-31-14-5-2)17-26(30)28-13-10-25-23(11-15-33-25)24(28)19-32-22-8-6-20(3)7-9-22/h5-9,11,15,21,24,29H,2,4,10,12-14,16-19H2,1,3H3/t21-,24-/m1/s1. The minimum atomic E-state index is -0.644. The predicted octanol–water partition coefficient (Wildman–Crippen LogP) is 3.84. The molecule has 0 aliphatic carbocycles. The third-order valence-corrected chi connectivity index (χ3v) is 6.75. The molecular formula is C26H36N2O4S. The fraction of sp³-hybridized carbons (Fsp3) is 0.500. The fourth-order valence-corrected chi connectivity index (χ4v) is 5.08. The Bertz CT molecular complexity index is 883. The van der Waals surface area contributed by atoms with E-state index in [2.05, 4.69) is 24.9 Å². The second-order valence-electron chi connectivity index (χ2n) is 8.49. The molecule has 0 bridgehead atoms. The third-order valence-electron chi connectivity index (χ3n) is 5.76. The number of carbonyl (C=O) groups is 1. The molecule has 6 nitrogen and oxygen atoms in total. The number of aryl methyl sites for hydroxylation is 1. The van der Waals surface area contributed by atoms with E-state index in [1.54, 1.807) is 17.4 Å². The molecule has 33 heavy (non-hydrogen) atoms. The maximum absolute atomic E-state index is 13.4. The van der Waals surface area contributed by atoms with E-state index in [1.165, 1.54) is 16.0 Å². The lowest BCUT2D eigenvalue weighted by atomic mass is 10.0. The Labute approximate surface area is 201 Å². The van der Waals surface area contributed by atoms with Gasteiger partial charge in [0.1, 0.15) is 12.4 Å². The third kappa shape index (κ3) is 7.40. The van der Waals surface area contributed by atoms with Crippen molar-refractivity contribution >= 4 is 17.2 Å². The highest BCUT2D eigenvalue weighted by molar-refractivity contribution is 7.10. The predicted molar refractivity (Wildman–Crippen MR) is 133 cm³/mol. The van der Waals surface area contributed by atoms with Crippen molar-refractivity contribution in [2.24, 2.45) is 0 Å². The van der Waals surface area contributed by atoms with Gasteiger partial charge in [-0.3, -0.25) is 9.69 Å². The van der Waals surface area contributed by atoms with E-state index in [4.69, 9.17) is 9.47 Å². The summed E-state index contributed by atoms with van der Waals surface area (Å²) < 4.78 is 11.5. The number of ether oxygens (including phenoxy) is 2. The van der Waals surface area contributed by atoms with Crippen molar-refractivity contribution in [3.05, 3.63) is 64.4 Å². The topological polar surface area (TPSA) is 62.2 Å². The SMILES string of the molecule is C=CCOC[C@H](O)CN(CCC)CC(=O)N1CCc2sccc2[C@H]1COc1ccc(C)cc1. The van der Waals surface area contributed by atoms with E-state index >= 15 is 0 Å². The van der Waals surface area contributed by atoms with Crippen molar-refractivity contribution in [1.82, 2.24) is 9.80 Å². The Morgan fingerprint density at radius 1 is 1.36 bits per heavy atom. The number of carbonyl (C=O) groups excluding carboxylic acids is 1. The Morgan fingerprint density at radius 3 is 2.88 bits per heavy atom. The molecule has 0 unspecified atom stereocenters. The molecule has 0 spiro atoms. The molecule has 2 aromatic rings. The summed E-state index contributed by atoms with van der Waals surface area (Å²) in [5.74, 6) is 0.877. The Morgan fingerprint density at radius 2 is 2.15 bits per heavy atom. The van der Waals surface area contributed by atoms with Gasteiger partial charge in [0.25, 0.3) is 0 Å². The van der Waals surface area contributed by atoms with Crippen molar-refractivity contribution in [3.8, 4) is 5.75 Å². The highest BCUT2D eigenvalue weighted by Gasteiger charge is 2.33. The van der Waals surface area contributed by atoms with Crippen molar-refractivity contribution in [2.75, 3.05) is 46.0 Å². The van der Waals surface area contributed by atoms with Gasteiger partial charge in [-0.05, 0) is 55.5 Å². The lowest BCUT2D eigenvalue weighted by Crippen LogP contribution is -2.48. The lowest BCUT2D eigenvalue weighted by molar-refractivity contribution is -0.136. The molecule has 180 valence electrons. The van der Waals surface area contributed by atoms with Gasteiger partial charge in [-0.15, -0.1) is 17.9 Å². The van der Waals surface area contributed by atoms with Crippen molar-refractivity contribution in [1.29, 1.82) is 0 Å². The van der Waals surface area contributed by atoms with E-state index in [0.717, 1.165) is 25.1 Å². The van der Waals surface area contributed by atoms with Crippen molar-refractivity contribution in [2.45, 2.75) is 38.8 Å². The van der Waals surface area contributed by atoms with Crippen LogP contribution in [-0.4, -0.2) is 72.9 Å². The molecule has 1 aliphatic heterocycles. The molecule has 3 rings (SSSR count). The Kier molecular flexibility index (Phi) is 9.94. The zero-order valence-corrected chi connectivity index (χ0v) is 20.6. The van der Waals surface area contributed by atoms with E-state index in [-0.39, 0.29) is 25.1 Å². The van der Waals surface area contributed by atoms with Gasteiger partial charge < -0.3 is 19.5 Å². The first kappa shape index (κ1) is 25.4. The molecule has 1 N–H and O–H groups in total. The van der Waals surface area contributed by atoms with Crippen LogP contribution >= 0.6 is 11.3 Å². The van der Waals surface area contributed by atoms with Crippen LogP contribution in [0.4, 0.5) is 0 Å². The number of amides is 1. The quantitative estimate of drug-likeness (QED) is 0.355. The van der Waals surface area contributed by atoms with Gasteiger partial charge >= 0.3 is 0 Å². The maximum atomic E-state index is 13.4. The second kappa shape index (κ2) is 12.9. The number of nitrogens with zero attached hydrogens (tertiary/aromatic N) is 2. The van der Waals surface area contributed by atoms with Gasteiger partial charge in [0.05, 0.1) is 31.9 Å². The first-order chi connectivity index (χ1) is 16.0. The molecular weight excluding hydrogens is 436 g/mol. The van der Waals surface area contributed by atoms with Gasteiger partial charge in [0.2, 0.25) is 5.91 Å². The number of thiophene rings is 1. The smallest absolute Gasteiger partial charge is 0.237 e. The van der Waals surface area contributed by atoms with Crippen LogP contribution in [0.5, 0.6) is 5.75 Å². The first-order valence-corrected chi connectivity index (χ1v) is 12.5. The normalized spacial score (nSPS) is 16.5. The Hall–Kier alpha value is -2.19. The summed E-state index contributed by atoms with van der Waals surface area (Å²) in [6.07, 6.45) is 2.79. The van der Waals surface area contributed by atoms with Crippen LogP contribution < -0.4 is 4.74 Å². The van der Waals surface area contributed by atoms with E-state index < -0.39 is 6.10 Å². The zero-order chi connectivity index (χ0) is 23.6. The summed E-state index contributed by atoms with van der Waals surface area (Å²) in [6, 6.07) is 10.0. The van der Waals surface area contributed by atoms with Gasteiger partial charge in [-0.2, -0.15) is 0 Å². The van der Waals surface area contributed by atoms with E-state index in [1.807, 2.05) is 41.0 Å². The minimum absolute atomic E-state index is 0.0667. The molecule has 1 amide bonds. The summed E-state index contributed by atoms with van der Waals surface area (Å²) in [5.41, 5.74) is 2.37. The molecule has 2 atom stereocenters. The van der Waals surface area contributed by atoms with Crippen molar-refractivity contribution < 1.29 is 19.4 Å². The number of benzene rings is 1. The van der Waals surface area contributed by atoms with Crippen LogP contribution in [0, 0.1) is 6.92 Å². The number of aliphatic hydroxyl groups excluding tert-OH is 1. The zero-order valence-electron chi connectivity index (χ0n) is 19.7. The highest BCUT2D eigenvalue weighted by atomic mass is 32.1. The summed E-state index contributed by atoms with van der Waals surface area (Å²) in [5, 5.41) is 12.4. The van der Waals surface area contributed by atoms with Crippen LogP contribution in [0.2, 0.25) is 0 Å². The molecule has 0 saturated heterocycles. The van der Waals surface area contributed by atoms with Gasteiger partial charge in [0.15, 0.2) is 0 Å². The summed E-state index contributed by atoms with van der Waals surface area (Å²) in [7, 11) is 0. The van der Waals surface area contributed by atoms with Crippen LogP contribution in [0.1, 0.15) is 35.4 Å². The van der Waals surface area contributed by atoms with Crippen LogP contribution in [0.3, 0.4) is 0 Å². The monoisotopic (exact) mass is 472 g/mol. The maximum Gasteiger partial charge on any atom is 0.237 e. The first-order valence-electron chi connectivity index (χ1n) is 11.7. The average Bonchev–Trinajstić information content (AvgIpc) is 3.28. The summed E-state index contributed by atoms with van der Waals surface area (Å²) >= 11 is 1.75. The van der Waals surface area contributed by atoms with E-state index in [0.29, 0.717) is 26.3 Å². The molecule has 0 saturated carbocycles. The number of fused-ring (bicyclic) bond motifs is 1. The van der Waals surface area contributed by atoms with E-state index in [9.17, 15) is 9.90 Å². The summed E-state index contributed by atoms with van der Waals surface area (Å²) in [6.45, 7) is 10.9. The van der Waals surface area contributed by atoms with Gasteiger partial charge in [-0.1, -0.05) is 30.7 Å². The average molecular weight is 473 g/mol. The number of hydrogen-bond donors (Lipinski definition) is 1. The minimum Gasteiger partial charge on any atom is -0.491 e. The van der Waals surface area contributed by atoms with Gasteiger partial charge in [0, 0.05) is 18.0 Å².